The lowest BCUT2D eigenvalue weighted by atomic mass is 10.1. The number of anilines is 1. The smallest absolute Gasteiger partial charge is 0.351 e. The number of benzene rings is 1. The number of nitrogens with one attached hydrogen (secondary N) is 1. The fourth-order valence-corrected chi connectivity index (χ4v) is 4.15. The zero-order valence-corrected chi connectivity index (χ0v) is 17.6. The Morgan fingerprint density at radius 1 is 1.06 bits per heavy atom. The summed E-state index contributed by atoms with van der Waals surface area (Å²) in [6.45, 7) is -1.75. The Morgan fingerprint density at radius 3 is 2.03 bits per heavy atom. The van der Waals surface area contributed by atoms with Crippen molar-refractivity contribution >= 4 is 21.4 Å². The van der Waals surface area contributed by atoms with Crippen LogP contribution in [0.2, 0.25) is 0 Å². The Kier molecular flexibility index (Phi) is 8.41. The summed E-state index contributed by atoms with van der Waals surface area (Å²) in [5, 5.41) is 11.3. The molecule has 1 amide bonds. The van der Waals surface area contributed by atoms with Gasteiger partial charge in [0, 0.05) is 23.6 Å². The minimum absolute atomic E-state index is 0.0301. The summed E-state index contributed by atoms with van der Waals surface area (Å²) in [6, 6.07) is 3.38. The second kappa shape index (κ2) is 10.5. The lowest BCUT2D eigenvalue weighted by molar-refractivity contribution is -0.323. The SMILES string of the molecule is FCF.O=C(Cc1ncc(S(=O)(=O)CC2CC2)cn1)Nc1ccc(C(O)(F)C(F)(F)F)cc1. The Bertz CT molecular complexity index is 1040. The van der Waals surface area contributed by atoms with E-state index in [9.17, 15) is 39.6 Å². The van der Waals surface area contributed by atoms with E-state index in [-0.39, 0.29) is 34.5 Å². The first kappa shape index (κ1) is 26.5. The summed E-state index contributed by atoms with van der Waals surface area (Å²) >= 11 is 0. The fourth-order valence-electron chi connectivity index (χ4n) is 2.57. The highest BCUT2D eigenvalue weighted by Crippen LogP contribution is 2.40. The Labute approximate surface area is 184 Å². The standard InChI is InChI=1S/C18H17F4N3O4S.CH2F2/c19-17(27,18(20,21)22)12-3-5-13(6-4-12)25-16(26)7-15-23-8-14(9-24-15)30(28,29)10-11-1-2-11;2-1-3/h3-6,8-9,11,27H,1-2,7,10H2,(H,25,26);1H2. The molecule has 1 fully saturated rings. The lowest BCUT2D eigenvalue weighted by Crippen LogP contribution is -2.37. The largest absolute Gasteiger partial charge is 0.453 e. The van der Waals surface area contributed by atoms with Crippen LogP contribution < -0.4 is 5.32 Å². The van der Waals surface area contributed by atoms with Crippen LogP contribution in [0.5, 0.6) is 0 Å². The monoisotopic (exact) mass is 499 g/mol. The maximum absolute atomic E-state index is 13.5. The fraction of sp³-hybridized carbons (Fsp3) is 0.421. The van der Waals surface area contributed by atoms with Crippen LogP contribution in [0.4, 0.5) is 32.0 Å². The van der Waals surface area contributed by atoms with E-state index in [2.05, 4.69) is 15.3 Å². The van der Waals surface area contributed by atoms with Crippen molar-refractivity contribution in [2.75, 3.05) is 18.0 Å². The number of hydrogen-bond donors (Lipinski definition) is 2. The molecule has 1 atom stereocenters. The average molecular weight is 499 g/mol. The molecular formula is C19H19F6N3O4S. The van der Waals surface area contributed by atoms with Crippen LogP contribution in [0.15, 0.2) is 41.6 Å². The molecule has 1 aliphatic rings. The average Bonchev–Trinajstić information content (AvgIpc) is 3.52. The number of hydrogen-bond acceptors (Lipinski definition) is 6. The van der Waals surface area contributed by atoms with E-state index in [1.165, 1.54) is 0 Å². The minimum atomic E-state index is -5.51. The van der Waals surface area contributed by atoms with Crippen molar-refractivity contribution in [3.8, 4) is 0 Å². The van der Waals surface area contributed by atoms with Crippen LogP contribution in [-0.2, 0) is 26.9 Å². The summed E-state index contributed by atoms with van der Waals surface area (Å²) in [5.74, 6) is -4.89. The highest BCUT2D eigenvalue weighted by Gasteiger charge is 2.56. The number of carbonyl (C=O) groups is 1. The number of halogens is 6. The molecule has 0 aliphatic heterocycles. The molecule has 1 saturated carbocycles. The molecule has 182 valence electrons. The number of carbonyl (C=O) groups excluding carboxylic acids is 1. The van der Waals surface area contributed by atoms with Gasteiger partial charge < -0.3 is 10.4 Å². The Hall–Kier alpha value is -2.74. The summed E-state index contributed by atoms with van der Waals surface area (Å²) in [5.41, 5.74) is -0.968. The van der Waals surface area contributed by atoms with Crippen molar-refractivity contribution in [1.82, 2.24) is 9.97 Å². The Morgan fingerprint density at radius 2 is 1.58 bits per heavy atom. The van der Waals surface area contributed by atoms with Gasteiger partial charge in [-0.05, 0) is 30.9 Å². The topological polar surface area (TPSA) is 109 Å². The van der Waals surface area contributed by atoms with Crippen molar-refractivity contribution in [3.63, 3.8) is 0 Å². The normalized spacial score (nSPS) is 15.7. The third kappa shape index (κ3) is 7.39. The third-order valence-corrected chi connectivity index (χ3v) is 6.28. The molecule has 1 aliphatic carbocycles. The highest BCUT2D eigenvalue weighted by atomic mass is 32.2. The Balaban J connectivity index is 0.00000122. The number of nitrogens with zero attached hydrogens (tertiary/aromatic N) is 2. The number of alkyl halides is 6. The maximum Gasteiger partial charge on any atom is 0.453 e. The zero-order chi connectivity index (χ0) is 24.9. The number of rotatable bonds is 7. The second-order valence-electron chi connectivity index (χ2n) is 7.08. The molecule has 1 heterocycles. The molecule has 0 bridgehead atoms. The molecule has 1 aromatic carbocycles. The van der Waals surface area contributed by atoms with E-state index < -0.39 is 40.3 Å². The van der Waals surface area contributed by atoms with Gasteiger partial charge in [-0.3, -0.25) is 4.79 Å². The van der Waals surface area contributed by atoms with Gasteiger partial charge in [0.2, 0.25) is 12.8 Å². The van der Waals surface area contributed by atoms with Crippen molar-refractivity contribution < 1.29 is 44.7 Å². The third-order valence-electron chi connectivity index (χ3n) is 4.44. The highest BCUT2D eigenvalue weighted by molar-refractivity contribution is 7.91. The van der Waals surface area contributed by atoms with Crippen LogP contribution in [0, 0.1) is 5.92 Å². The van der Waals surface area contributed by atoms with Crippen molar-refractivity contribution in [2.24, 2.45) is 5.92 Å². The predicted octanol–water partition coefficient (Wildman–Crippen LogP) is 3.40. The molecule has 2 N–H and O–H groups in total. The maximum atomic E-state index is 13.5. The van der Waals surface area contributed by atoms with Gasteiger partial charge in [-0.2, -0.15) is 17.6 Å². The second-order valence-corrected chi connectivity index (χ2v) is 9.12. The van der Waals surface area contributed by atoms with E-state index in [0.717, 1.165) is 37.4 Å². The van der Waals surface area contributed by atoms with Crippen molar-refractivity contribution in [1.29, 1.82) is 0 Å². The van der Waals surface area contributed by atoms with E-state index in [1.54, 1.807) is 0 Å². The quantitative estimate of drug-likeness (QED) is 0.566. The van der Waals surface area contributed by atoms with Gasteiger partial charge >= 0.3 is 12.0 Å². The number of sulfone groups is 1. The molecule has 33 heavy (non-hydrogen) atoms. The van der Waals surface area contributed by atoms with Crippen molar-refractivity contribution in [2.45, 2.75) is 36.2 Å². The minimum Gasteiger partial charge on any atom is -0.351 e. The molecule has 7 nitrogen and oxygen atoms in total. The summed E-state index contributed by atoms with van der Waals surface area (Å²) in [7, 11) is -3.47. The lowest BCUT2D eigenvalue weighted by Gasteiger charge is -2.22. The molecule has 14 heteroatoms. The van der Waals surface area contributed by atoms with E-state index in [4.69, 9.17) is 5.11 Å². The molecule has 2 aromatic rings. The van der Waals surface area contributed by atoms with Crippen LogP contribution >= 0.6 is 0 Å². The molecule has 0 saturated heterocycles. The van der Waals surface area contributed by atoms with Crippen LogP contribution in [-0.4, -0.2) is 48.3 Å². The molecule has 3 rings (SSSR count). The van der Waals surface area contributed by atoms with Crippen molar-refractivity contribution in [3.05, 3.63) is 48.0 Å². The zero-order valence-electron chi connectivity index (χ0n) is 16.8. The van der Waals surface area contributed by atoms with Gasteiger partial charge in [0.05, 0.1) is 12.2 Å². The summed E-state index contributed by atoms with van der Waals surface area (Å²) in [4.78, 5) is 19.8. The molecule has 0 radical (unpaired) electrons. The van der Waals surface area contributed by atoms with Crippen LogP contribution in [0.25, 0.3) is 0 Å². The summed E-state index contributed by atoms with van der Waals surface area (Å²) < 4.78 is 94.5. The molecule has 1 aromatic heterocycles. The molecular weight excluding hydrogens is 480 g/mol. The van der Waals surface area contributed by atoms with Gasteiger partial charge in [0.25, 0.3) is 0 Å². The summed E-state index contributed by atoms with van der Waals surface area (Å²) in [6.07, 6.45) is -1.82. The molecule has 1 unspecified atom stereocenters. The first-order chi connectivity index (χ1) is 15.3. The van der Waals surface area contributed by atoms with E-state index in [0.29, 0.717) is 12.1 Å². The first-order valence-corrected chi connectivity index (χ1v) is 11.0. The number of aliphatic hydroxyl groups is 1. The van der Waals surface area contributed by atoms with E-state index in [1.807, 2.05) is 0 Å². The van der Waals surface area contributed by atoms with E-state index >= 15 is 0 Å². The number of aromatic nitrogens is 2. The first-order valence-electron chi connectivity index (χ1n) is 9.34. The molecule has 0 spiro atoms. The van der Waals surface area contributed by atoms with Gasteiger partial charge in [0.15, 0.2) is 9.84 Å². The van der Waals surface area contributed by atoms with Gasteiger partial charge in [-0.15, -0.1) is 0 Å². The predicted molar refractivity (Wildman–Crippen MR) is 104 cm³/mol. The van der Waals surface area contributed by atoms with Crippen LogP contribution in [0.3, 0.4) is 0 Å². The van der Waals surface area contributed by atoms with Gasteiger partial charge in [0.1, 0.15) is 10.7 Å². The van der Waals surface area contributed by atoms with Gasteiger partial charge in [-0.1, -0.05) is 12.1 Å². The van der Waals surface area contributed by atoms with Crippen LogP contribution in [0.1, 0.15) is 24.2 Å². The van der Waals surface area contributed by atoms with Gasteiger partial charge in [-0.25, -0.2) is 27.2 Å². The number of amides is 1.